The fourth-order valence-corrected chi connectivity index (χ4v) is 1.66. The van der Waals surface area contributed by atoms with E-state index in [0.717, 1.165) is 4.47 Å². The molecule has 0 saturated heterocycles. The third-order valence-electron chi connectivity index (χ3n) is 2.16. The van der Waals surface area contributed by atoms with Gasteiger partial charge in [0.05, 0.1) is 0 Å². The molecule has 0 aromatic heterocycles. The molecule has 0 radical (unpaired) electrons. The minimum absolute atomic E-state index is 0.697. The first-order valence-electron chi connectivity index (χ1n) is 4.49. The maximum absolute atomic E-state index is 3.43. The van der Waals surface area contributed by atoms with E-state index in [2.05, 4.69) is 54.0 Å². The molecule has 0 aliphatic heterocycles. The Kier molecular flexibility index (Phi) is 3.80. The van der Waals surface area contributed by atoms with Crippen LogP contribution in [0.15, 0.2) is 28.7 Å². The first-order valence-corrected chi connectivity index (χ1v) is 5.28. The molecule has 12 heavy (non-hydrogen) atoms. The minimum atomic E-state index is 0.697. The van der Waals surface area contributed by atoms with Crippen LogP contribution in [-0.4, -0.2) is 0 Å². The van der Waals surface area contributed by atoms with Crippen molar-refractivity contribution in [2.45, 2.75) is 32.6 Å². The fourth-order valence-electron chi connectivity index (χ4n) is 1.39. The van der Waals surface area contributed by atoms with Crippen molar-refractivity contribution in [1.29, 1.82) is 0 Å². The molecule has 0 fully saturated rings. The molecule has 0 saturated carbocycles. The Morgan fingerprint density at radius 3 is 2.33 bits per heavy atom. The first kappa shape index (κ1) is 9.79. The Morgan fingerprint density at radius 1 is 1.25 bits per heavy atom. The molecule has 1 aromatic carbocycles. The third-order valence-corrected chi connectivity index (χ3v) is 2.69. The molecule has 0 bridgehead atoms. The highest BCUT2D eigenvalue weighted by atomic mass is 79.9. The highest BCUT2D eigenvalue weighted by Crippen LogP contribution is 2.21. The van der Waals surface area contributed by atoms with Crippen molar-refractivity contribution in [3.05, 3.63) is 34.3 Å². The predicted molar refractivity (Wildman–Crippen MR) is 57.5 cm³/mol. The SMILES string of the molecule is CCC[C@@H](C)c1ccc(Br)cc1. The molecule has 1 rings (SSSR count). The minimum Gasteiger partial charge on any atom is -0.0654 e. The lowest BCUT2D eigenvalue weighted by atomic mass is 9.97. The van der Waals surface area contributed by atoms with Gasteiger partial charge in [0, 0.05) is 4.47 Å². The van der Waals surface area contributed by atoms with Gasteiger partial charge in [-0.1, -0.05) is 48.3 Å². The summed E-state index contributed by atoms with van der Waals surface area (Å²) in [7, 11) is 0. The second-order valence-electron chi connectivity index (χ2n) is 3.24. The van der Waals surface area contributed by atoms with Crippen LogP contribution in [-0.2, 0) is 0 Å². The topological polar surface area (TPSA) is 0 Å². The molecule has 0 nitrogen and oxygen atoms in total. The summed E-state index contributed by atoms with van der Waals surface area (Å²) in [6.07, 6.45) is 2.54. The van der Waals surface area contributed by atoms with E-state index in [9.17, 15) is 0 Å². The van der Waals surface area contributed by atoms with Crippen LogP contribution in [0.1, 0.15) is 38.2 Å². The lowest BCUT2D eigenvalue weighted by Crippen LogP contribution is -1.91. The van der Waals surface area contributed by atoms with E-state index >= 15 is 0 Å². The maximum Gasteiger partial charge on any atom is 0.0175 e. The zero-order valence-electron chi connectivity index (χ0n) is 7.68. The van der Waals surface area contributed by atoms with Crippen LogP contribution in [0.2, 0.25) is 0 Å². The van der Waals surface area contributed by atoms with E-state index in [1.165, 1.54) is 18.4 Å². The van der Waals surface area contributed by atoms with Gasteiger partial charge in [0.2, 0.25) is 0 Å². The summed E-state index contributed by atoms with van der Waals surface area (Å²) < 4.78 is 1.16. The van der Waals surface area contributed by atoms with Crippen LogP contribution in [0.25, 0.3) is 0 Å². The second kappa shape index (κ2) is 4.66. The molecular formula is C11H15Br. The van der Waals surface area contributed by atoms with Crippen molar-refractivity contribution in [3.63, 3.8) is 0 Å². The predicted octanol–water partition coefficient (Wildman–Crippen LogP) is 4.35. The molecular weight excluding hydrogens is 212 g/mol. The molecule has 0 spiro atoms. The van der Waals surface area contributed by atoms with Crippen molar-refractivity contribution < 1.29 is 0 Å². The molecule has 0 aliphatic carbocycles. The lowest BCUT2D eigenvalue weighted by molar-refractivity contribution is 0.665. The summed E-state index contributed by atoms with van der Waals surface area (Å²) in [4.78, 5) is 0. The van der Waals surface area contributed by atoms with Crippen LogP contribution in [0.5, 0.6) is 0 Å². The third kappa shape index (κ3) is 2.63. The van der Waals surface area contributed by atoms with Crippen LogP contribution in [0, 0.1) is 0 Å². The van der Waals surface area contributed by atoms with Crippen molar-refractivity contribution in [2.75, 3.05) is 0 Å². The average molecular weight is 227 g/mol. The summed E-state index contributed by atoms with van der Waals surface area (Å²) in [6.45, 7) is 4.52. The second-order valence-corrected chi connectivity index (χ2v) is 4.16. The highest BCUT2D eigenvalue weighted by Gasteiger charge is 2.02. The lowest BCUT2D eigenvalue weighted by Gasteiger charge is -2.09. The van der Waals surface area contributed by atoms with Gasteiger partial charge in [-0.25, -0.2) is 0 Å². The molecule has 0 heterocycles. The van der Waals surface area contributed by atoms with Gasteiger partial charge < -0.3 is 0 Å². The monoisotopic (exact) mass is 226 g/mol. The number of hydrogen-bond donors (Lipinski definition) is 0. The largest absolute Gasteiger partial charge is 0.0654 e. The van der Waals surface area contributed by atoms with Crippen LogP contribution >= 0.6 is 15.9 Å². The zero-order chi connectivity index (χ0) is 8.97. The first-order chi connectivity index (χ1) is 5.74. The van der Waals surface area contributed by atoms with Crippen LogP contribution in [0.3, 0.4) is 0 Å². The Balaban J connectivity index is 2.68. The molecule has 0 aliphatic rings. The van der Waals surface area contributed by atoms with E-state index in [-0.39, 0.29) is 0 Å². The van der Waals surface area contributed by atoms with Crippen LogP contribution in [0.4, 0.5) is 0 Å². The van der Waals surface area contributed by atoms with Gasteiger partial charge in [0.1, 0.15) is 0 Å². The normalized spacial score (nSPS) is 12.9. The van der Waals surface area contributed by atoms with Crippen molar-refractivity contribution in [1.82, 2.24) is 0 Å². The van der Waals surface area contributed by atoms with Crippen LogP contribution < -0.4 is 0 Å². The van der Waals surface area contributed by atoms with E-state index in [1.807, 2.05) is 0 Å². The molecule has 66 valence electrons. The molecule has 1 aromatic rings. The number of halogens is 1. The molecule has 1 atom stereocenters. The Hall–Kier alpha value is -0.300. The summed E-state index contributed by atoms with van der Waals surface area (Å²) in [5.41, 5.74) is 1.44. The number of hydrogen-bond acceptors (Lipinski definition) is 0. The molecule has 1 heteroatoms. The Bertz CT molecular complexity index is 225. The van der Waals surface area contributed by atoms with Crippen molar-refractivity contribution >= 4 is 15.9 Å². The average Bonchev–Trinajstić information content (AvgIpc) is 2.06. The quantitative estimate of drug-likeness (QED) is 0.719. The number of benzene rings is 1. The maximum atomic E-state index is 3.43. The van der Waals surface area contributed by atoms with Gasteiger partial charge >= 0.3 is 0 Å². The van der Waals surface area contributed by atoms with E-state index < -0.39 is 0 Å². The smallest absolute Gasteiger partial charge is 0.0175 e. The number of rotatable bonds is 3. The Morgan fingerprint density at radius 2 is 1.83 bits per heavy atom. The zero-order valence-corrected chi connectivity index (χ0v) is 9.26. The summed E-state index contributed by atoms with van der Waals surface area (Å²) in [5, 5.41) is 0. The van der Waals surface area contributed by atoms with Gasteiger partial charge in [-0.05, 0) is 30.0 Å². The van der Waals surface area contributed by atoms with Gasteiger partial charge in [0.25, 0.3) is 0 Å². The van der Waals surface area contributed by atoms with E-state index in [1.54, 1.807) is 0 Å². The van der Waals surface area contributed by atoms with Gasteiger partial charge in [-0.3, -0.25) is 0 Å². The van der Waals surface area contributed by atoms with Crippen molar-refractivity contribution in [2.24, 2.45) is 0 Å². The standard InChI is InChI=1S/C11H15Br/c1-3-4-9(2)10-5-7-11(12)8-6-10/h5-9H,3-4H2,1-2H3/t9-/m1/s1. The van der Waals surface area contributed by atoms with Gasteiger partial charge in [-0.15, -0.1) is 0 Å². The summed E-state index contributed by atoms with van der Waals surface area (Å²) in [6, 6.07) is 8.62. The summed E-state index contributed by atoms with van der Waals surface area (Å²) >= 11 is 3.43. The molecule has 0 N–H and O–H groups in total. The van der Waals surface area contributed by atoms with Gasteiger partial charge in [0.15, 0.2) is 0 Å². The molecule has 0 amide bonds. The van der Waals surface area contributed by atoms with E-state index in [0.29, 0.717) is 5.92 Å². The van der Waals surface area contributed by atoms with Gasteiger partial charge in [-0.2, -0.15) is 0 Å². The fraction of sp³-hybridized carbons (Fsp3) is 0.455. The Labute approximate surface area is 83.1 Å². The highest BCUT2D eigenvalue weighted by molar-refractivity contribution is 9.10. The van der Waals surface area contributed by atoms with E-state index in [4.69, 9.17) is 0 Å². The van der Waals surface area contributed by atoms with Crippen molar-refractivity contribution in [3.8, 4) is 0 Å². The molecule has 0 unspecified atom stereocenters. The summed E-state index contributed by atoms with van der Waals surface area (Å²) in [5.74, 6) is 0.697.